The minimum atomic E-state index is 0.0870. The lowest BCUT2D eigenvalue weighted by molar-refractivity contribution is 0.728. The molecule has 0 saturated carbocycles. The summed E-state index contributed by atoms with van der Waals surface area (Å²) in [5.41, 5.74) is 10.00. The first-order valence-corrected chi connectivity index (χ1v) is 8.96. The summed E-state index contributed by atoms with van der Waals surface area (Å²) in [5.74, 6) is 0.851. The highest BCUT2D eigenvalue weighted by Gasteiger charge is 2.15. The second-order valence-corrected chi connectivity index (χ2v) is 6.78. The Hall–Kier alpha value is -3.12. The van der Waals surface area contributed by atoms with Crippen molar-refractivity contribution < 1.29 is 0 Å². The highest BCUT2D eigenvalue weighted by Crippen LogP contribution is 2.27. The molecule has 4 rings (SSSR count). The smallest absolute Gasteiger partial charge is 0.223 e. The Morgan fingerprint density at radius 3 is 2.56 bits per heavy atom. The van der Waals surface area contributed by atoms with Gasteiger partial charge in [0.05, 0.1) is 17.1 Å². The van der Waals surface area contributed by atoms with Gasteiger partial charge >= 0.3 is 0 Å². The lowest BCUT2D eigenvalue weighted by atomic mass is 10.1. The molecule has 2 heterocycles. The zero-order chi connectivity index (χ0) is 19.0. The fourth-order valence-electron chi connectivity index (χ4n) is 3.10. The third-order valence-electron chi connectivity index (χ3n) is 4.75. The van der Waals surface area contributed by atoms with E-state index in [-0.39, 0.29) is 12.0 Å². The third-order valence-corrected chi connectivity index (χ3v) is 4.94. The summed E-state index contributed by atoms with van der Waals surface area (Å²) in [6.07, 6.45) is 1.85. The average Bonchev–Trinajstić information content (AvgIpc) is 3.10. The number of anilines is 2. The summed E-state index contributed by atoms with van der Waals surface area (Å²) in [6, 6.07) is 18.3. The summed E-state index contributed by atoms with van der Waals surface area (Å²) in [6.45, 7) is 2.10. The lowest BCUT2D eigenvalue weighted by Gasteiger charge is -2.26. The van der Waals surface area contributed by atoms with Crippen LogP contribution in [-0.2, 0) is 0 Å². The van der Waals surface area contributed by atoms with Crippen molar-refractivity contribution in [2.75, 3.05) is 17.7 Å². The van der Waals surface area contributed by atoms with Crippen LogP contribution in [0.5, 0.6) is 0 Å². The van der Waals surface area contributed by atoms with Gasteiger partial charge in [0.25, 0.3) is 0 Å². The first-order chi connectivity index (χ1) is 13.0. The predicted molar refractivity (Wildman–Crippen MR) is 109 cm³/mol. The van der Waals surface area contributed by atoms with Gasteiger partial charge in [-0.05, 0) is 36.8 Å². The van der Waals surface area contributed by atoms with E-state index in [0.29, 0.717) is 11.0 Å². The van der Waals surface area contributed by atoms with E-state index < -0.39 is 0 Å². The van der Waals surface area contributed by atoms with Gasteiger partial charge in [0, 0.05) is 18.8 Å². The molecule has 0 spiro atoms. The highest BCUT2D eigenvalue weighted by atomic mass is 35.5. The van der Waals surface area contributed by atoms with Gasteiger partial charge in [-0.15, -0.1) is 0 Å². The molecule has 0 radical (unpaired) electrons. The number of fused-ring (bicyclic) bond motifs is 1. The maximum Gasteiger partial charge on any atom is 0.223 e. The molecule has 27 heavy (non-hydrogen) atoms. The summed E-state index contributed by atoms with van der Waals surface area (Å²) in [4.78, 5) is 14.7. The van der Waals surface area contributed by atoms with Crippen LogP contribution < -0.4 is 10.6 Å². The van der Waals surface area contributed by atoms with Crippen molar-refractivity contribution in [2.45, 2.75) is 13.0 Å². The minimum Gasteiger partial charge on any atom is -0.368 e. The zero-order valence-corrected chi connectivity index (χ0v) is 15.8. The monoisotopic (exact) mass is 378 g/mol. The van der Waals surface area contributed by atoms with Crippen molar-refractivity contribution in [3.63, 3.8) is 0 Å². The Balaban J connectivity index is 1.61. The maximum absolute atomic E-state index is 6.00. The Morgan fingerprint density at radius 2 is 1.81 bits per heavy atom. The fraction of sp³-hybridized carbons (Fsp3) is 0.150. The van der Waals surface area contributed by atoms with Crippen molar-refractivity contribution in [1.82, 2.24) is 19.5 Å². The molecule has 136 valence electrons. The van der Waals surface area contributed by atoms with Crippen LogP contribution in [0, 0.1) is 0 Å². The van der Waals surface area contributed by atoms with Gasteiger partial charge in [-0.3, -0.25) is 4.57 Å². The molecule has 0 aliphatic carbocycles. The molecule has 0 unspecified atom stereocenters. The van der Waals surface area contributed by atoms with Gasteiger partial charge < -0.3 is 10.6 Å². The number of nitrogens with zero attached hydrogens (tertiary/aromatic N) is 5. The molecule has 0 saturated heterocycles. The van der Waals surface area contributed by atoms with Crippen LogP contribution in [-0.4, -0.2) is 26.6 Å². The van der Waals surface area contributed by atoms with E-state index in [1.165, 1.54) is 0 Å². The molecule has 0 amide bonds. The van der Waals surface area contributed by atoms with Crippen molar-refractivity contribution >= 4 is 34.4 Å². The molecule has 2 N–H and O–H groups in total. The number of nitrogen functional groups attached to an aromatic ring is 1. The number of halogens is 1. The Bertz CT molecular complexity index is 1070. The molecular formula is C20H19ClN6. The summed E-state index contributed by atoms with van der Waals surface area (Å²) < 4.78 is 2.08. The second-order valence-electron chi connectivity index (χ2n) is 6.39. The largest absolute Gasteiger partial charge is 0.368 e. The van der Waals surface area contributed by atoms with E-state index in [0.717, 1.165) is 22.3 Å². The molecule has 2 aromatic heterocycles. The molecular weight excluding hydrogens is 360 g/mol. The fourth-order valence-corrected chi connectivity index (χ4v) is 3.29. The van der Waals surface area contributed by atoms with Crippen molar-refractivity contribution in [3.05, 3.63) is 71.6 Å². The van der Waals surface area contributed by atoms with Crippen molar-refractivity contribution in [3.8, 4) is 5.69 Å². The SMILES string of the molecule is C[C@@H](c1ccc(-n2cnc3ccccc32)cc1)N(C)c1cc(Cl)nc(N)n1. The molecule has 2 aromatic carbocycles. The number of hydrogen-bond acceptors (Lipinski definition) is 5. The van der Waals surface area contributed by atoms with Gasteiger partial charge in [-0.25, -0.2) is 9.97 Å². The van der Waals surface area contributed by atoms with E-state index in [1.54, 1.807) is 6.07 Å². The number of benzene rings is 2. The Labute approximate surface area is 162 Å². The highest BCUT2D eigenvalue weighted by molar-refractivity contribution is 6.29. The molecule has 0 fully saturated rings. The van der Waals surface area contributed by atoms with E-state index in [9.17, 15) is 0 Å². The van der Waals surface area contributed by atoms with E-state index in [4.69, 9.17) is 17.3 Å². The summed E-state index contributed by atoms with van der Waals surface area (Å²) >= 11 is 6.00. The Kier molecular flexibility index (Phi) is 4.41. The van der Waals surface area contributed by atoms with Gasteiger partial charge in [0.1, 0.15) is 17.3 Å². The number of imidazole rings is 1. The number of hydrogen-bond donors (Lipinski definition) is 1. The first-order valence-electron chi connectivity index (χ1n) is 8.58. The normalized spacial score (nSPS) is 12.3. The van der Waals surface area contributed by atoms with E-state index in [1.807, 2.05) is 36.5 Å². The number of para-hydroxylation sites is 2. The van der Waals surface area contributed by atoms with Gasteiger partial charge in [-0.2, -0.15) is 4.98 Å². The first kappa shape index (κ1) is 17.3. The molecule has 4 aromatic rings. The van der Waals surface area contributed by atoms with Crippen LogP contribution in [0.25, 0.3) is 16.7 Å². The second kappa shape index (κ2) is 6.89. The van der Waals surface area contributed by atoms with Gasteiger partial charge in [0.15, 0.2) is 0 Å². The van der Waals surface area contributed by atoms with Crippen molar-refractivity contribution in [1.29, 1.82) is 0 Å². The number of rotatable bonds is 4. The van der Waals surface area contributed by atoms with Crippen LogP contribution in [0.1, 0.15) is 18.5 Å². The summed E-state index contributed by atoms with van der Waals surface area (Å²) in [7, 11) is 1.96. The summed E-state index contributed by atoms with van der Waals surface area (Å²) in [5, 5.41) is 0.332. The van der Waals surface area contributed by atoms with Gasteiger partial charge in [-0.1, -0.05) is 35.9 Å². The third kappa shape index (κ3) is 3.31. The Morgan fingerprint density at radius 1 is 1.07 bits per heavy atom. The number of nitrogens with two attached hydrogens (primary N) is 1. The number of aromatic nitrogens is 4. The van der Waals surface area contributed by atoms with Crippen LogP contribution in [0.4, 0.5) is 11.8 Å². The molecule has 6 nitrogen and oxygen atoms in total. The van der Waals surface area contributed by atoms with E-state index in [2.05, 4.69) is 56.8 Å². The average molecular weight is 379 g/mol. The van der Waals surface area contributed by atoms with Crippen LogP contribution in [0.3, 0.4) is 0 Å². The van der Waals surface area contributed by atoms with E-state index >= 15 is 0 Å². The standard InChI is InChI=1S/C20H19ClN6/c1-13(26(2)19-11-18(21)24-20(22)25-19)14-7-9-15(10-8-14)27-12-23-16-5-3-4-6-17(16)27/h3-13H,1-2H3,(H2,22,24,25)/t13-/m0/s1. The minimum absolute atomic E-state index is 0.0870. The van der Waals surface area contributed by atoms with Crippen LogP contribution >= 0.6 is 11.6 Å². The topological polar surface area (TPSA) is 72.9 Å². The van der Waals surface area contributed by atoms with Crippen molar-refractivity contribution in [2.24, 2.45) is 0 Å². The molecule has 0 bridgehead atoms. The van der Waals surface area contributed by atoms with Crippen LogP contribution in [0.15, 0.2) is 60.9 Å². The molecule has 1 atom stereocenters. The van der Waals surface area contributed by atoms with Crippen LogP contribution in [0.2, 0.25) is 5.15 Å². The molecule has 0 aliphatic heterocycles. The zero-order valence-electron chi connectivity index (χ0n) is 15.0. The predicted octanol–water partition coefficient (Wildman–Crippen LogP) is 4.25. The lowest BCUT2D eigenvalue weighted by Crippen LogP contribution is -2.23. The maximum atomic E-state index is 6.00. The molecule has 0 aliphatic rings. The molecule has 7 heteroatoms. The van der Waals surface area contributed by atoms with Gasteiger partial charge in [0.2, 0.25) is 5.95 Å². The quantitative estimate of drug-likeness (QED) is 0.537.